The molecular weight excluding hydrogens is 429 g/mol. The van der Waals surface area contributed by atoms with Crippen molar-refractivity contribution >= 4 is 0 Å². The molecule has 2 aromatic rings. The monoisotopic (exact) mass is 464 g/mol. The van der Waals surface area contributed by atoms with E-state index >= 15 is 0 Å². The fourth-order valence-electron chi connectivity index (χ4n) is 4.08. The van der Waals surface area contributed by atoms with Crippen LogP contribution in [0.4, 0.5) is 13.2 Å². The largest absolute Gasteiger partial charge is 0.490 e. The molecule has 0 aliphatic carbocycles. The van der Waals surface area contributed by atoms with Gasteiger partial charge in [-0.05, 0) is 56.0 Å². The molecule has 0 radical (unpaired) electrons. The van der Waals surface area contributed by atoms with Crippen LogP contribution in [0.3, 0.4) is 0 Å². The molecule has 2 aromatic carbocycles. The Morgan fingerprint density at radius 2 is 1.64 bits per heavy atom. The van der Waals surface area contributed by atoms with Gasteiger partial charge in [-0.15, -0.1) is 0 Å². The molecule has 0 N–H and O–H groups in total. The Hall–Kier alpha value is -2.21. The first-order valence-corrected chi connectivity index (χ1v) is 12.1. The molecule has 1 saturated heterocycles. The van der Waals surface area contributed by atoms with Crippen LogP contribution in [-0.2, 0) is 4.74 Å². The standard InChI is InChI=1S/C27H35F3O3/c1-3-4-5-6-7-8-15-31-25-14-11-21(26(29)27(25)30)23-13-10-20(17-32-23)18-33-24-12-9-19(2)16-22(24)28/h9,11-12,14,16,20,23H,3-8,10,13,15,17-18H2,1-2H3. The van der Waals surface area contributed by atoms with Gasteiger partial charge in [0.05, 0.1) is 25.9 Å². The van der Waals surface area contributed by atoms with E-state index in [-0.39, 0.29) is 28.8 Å². The van der Waals surface area contributed by atoms with E-state index in [4.69, 9.17) is 14.2 Å². The van der Waals surface area contributed by atoms with Gasteiger partial charge in [0.25, 0.3) is 0 Å². The predicted octanol–water partition coefficient (Wildman–Crippen LogP) is 7.70. The van der Waals surface area contributed by atoms with Gasteiger partial charge in [-0.3, -0.25) is 0 Å². The highest BCUT2D eigenvalue weighted by molar-refractivity contribution is 5.32. The van der Waals surface area contributed by atoms with E-state index in [0.717, 1.165) is 31.2 Å². The van der Waals surface area contributed by atoms with Gasteiger partial charge in [0.15, 0.2) is 23.1 Å². The number of halogens is 3. The molecule has 182 valence electrons. The Labute approximate surface area is 195 Å². The van der Waals surface area contributed by atoms with Crippen molar-refractivity contribution in [1.82, 2.24) is 0 Å². The van der Waals surface area contributed by atoms with Crippen molar-refractivity contribution < 1.29 is 27.4 Å². The third-order valence-corrected chi connectivity index (χ3v) is 6.11. The van der Waals surface area contributed by atoms with Gasteiger partial charge < -0.3 is 14.2 Å². The van der Waals surface area contributed by atoms with Crippen molar-refractivity contribution in [2.45, 2.75) is 71.3 Å². The minimum Gasteiger partial charge on any atom is -0.490 e. The summed E-state index contributed by atoms with van der Waals surface area (Å²) in [6.45, 7) is 5.03. The van der Waals surface area contributed by atoms with Crippen molar-refractivity contribution in [2.75, 3.05) is 19.8 Å². The minimum absolute atomic E-state index is 0.0491. The maximum absolute atomic E-state index is 14.7. The lowest BCUT2D eigenvalue weighted by atomic mass is 9.94. The highest BCUT2D eigenvalue weighted by Crippen LogP contribution is 2.35. The van der Waals surface area contributed by atoms with Crippen molar-refractivity contribution in [1.29, 1.82) is 0 Å². The third-order valence-electron chi connectivity index (χ3n) is 6.11. The van der Waals surface area contributed by atoms with E-state index < -0.39 is 17.7 Å². The smallest absolute Gasteiger partial charge is 0.200 e. The molecule has 1 aliphatic rings. The van der Waals surface area contributed by atoms with Gasteiger partial charge in [-0.1, -0.05) is 45.1 Å². The first-order chi connectivity index (χ1) is 16.0. The molecule has 0 saturated carbocycles. The summed E-state index contributed by atoms with van der Waals surface area (Å²) in [6, 6.07) is 7.89. The van der Waals surface area contributed by atoms with Gasteiger partial charge in [-0.25, -0.2) is 8.78 Å². The first-order valence-electron chi connectivity index (χ1n) is 12.1. The molecule has 1 aliphatic heterocycles. The summed E-state index contributed by atoms with van der Waals surface area (Å²) in [5, 5.41) is 0. The summed E-state index contributed by atoms with van der Waals surface area (Å²) in [7, 11) is 0. The van der Waals surface area contributed by atoms with Crippen LogP contribution in [0.2, 0.25) is 0 Å². The molecule has 0 spiro atoms. The van der Waals surface area contributed by atoms with E-state index in [9.17, 15) is 13.2 Å². The van der Waals surface area contributed by atoms with E-state index in [1.165, 1.54) is 31.4 Å². The zero-order valence-electron chi connectivity index (χ0n) is 19.7. The SMILES string of the molecule is CCCCCCCCOc1ccc(C2CCC(COc3ccc(C)cc3F)CO2)c(F)c1F. The topological polar surface area (TPSA) is 27.7 Å². The number of rotatable bonds is 12. The van der Waals surface area contributed by atoms with Crippen molar-refractivity contribution in [3.63, 3.8) is 0 Å². The van der Waals surface area contributed by atoms with Crippen LogP contribution in [-0.4, -0.2) is 19.8 Å². The fraction of sp³-hybridized carbons (Fsp3) is 0.556. The third kappa shape index (κ3) is 7.39. The lowest BCUT2D eigenvalue weighted by molar-refractivity contribution is -0.0306. The van der Waals surface area contributed by atoms with Crippen LogP contribution in [0.1, 0.15) is 75.5 Å². The Kier molecular flexibility index (Phi) is 9.92. The predicted molar refractivity (Wildman–Crippen MR) is 123 cm³/mol. The highest BCUT2D eigenvalue weighted by atomic mass is 19.2. The van der Waals surface area contributed by atoms with Crippen LogP contribution >= 0.6 is 0 Å². The molecule has 0 aromatic heterocycles. The summed E-state index contributed by atoms with van der Waals surface area (Å²) in [5.74, 6) is -2.02. The van der Waals surface area contributed by atoms with Crippen molar-refractivity contribution in [2.24, 2.45) is 5.92 Å². The molecule has 0 amide bonds. The number of hydrogen-bond donors (Lipinski definition) is 0. The molecule has 6 heteroatoms. The molecule has 3 nitrogen and oxygen atoms in total. The van der Waals surface area contributed by atoms with Crippen molar-refractivity contribution in [3.8, 4) is 11.5 Å². The molecule has 1 fully saturated rings. The zero-order chi connectivity index (χ0) is 23.6. The lowest BCUT2D eigenvalue weighted by Gasteiger charge is -2.29. The minimum atomic E-state index is -0.956. The normalized spacial score (nSPS) is 18.3. The van der Waals surface area contributed by atoms with Gasteiger partial charge in [0.2, 0.25) is 5.82 Å². The molecular formula is C27H35F3O3. The summed E-state index contributed by atoms with van der Waals surface area (Å²) in [4.78, 5) is 0. The number of aryl methyl sites for hydroxylation is 1. The van der Waals surface area contributed by atoms with Crippen LogP contribution in [0.15, 0.2) is 30.3 Å². The maximum Gasteiger partial charge on any atom is 0.200 e. The van der Waals surface area contributed by atoms with Crippen LogP contribution in [0.25, 0.3) is 0 Å². The second kappa shape index (κ2) is 12.9. The number of hydrogen-bond acceptors (Lipinski definition) is 3. The van der Waals surface area contributed by atoms with Crippen LogP contribution < -0.4 is 9.47 Å². The van der Waals surface area contributed by atoms with Crippen LogP contribution in [0, 0.1) is 30.3 Å². The summed E-state index contributed by atoms with van der Waals surface area (Å²) in [6.07, 6.45) is 7.36. The zero-order valence-corrected chi connectivity index (χ0v) is 19.7. The van der Waals surface area contributed by atoms with Gasteiger partial charge in [0.1, 0.15) is 0 Å². The first kappa shape index (κ1) is 25.4. The molecule has 33 heavy (non-hydrogen) atoms. The molecule has 2 atom stereocenters. The van der Waals surface area contributed by atoms with Crippen LogP contribution in [0.5, 0.6) is 11.5 Å². The highest BCUT2D eigenvalue weighted by Gasteiger charge is 2.28. The van der Waals surface area contributed by atoms with E-state index in [0.29, 0.717) is 26.2 Å². The number of benzene rings is 2. The number of ether oxygens (including phenoxy) is 3. The Bertz CT molecular complexity index is 879. The molecule has 0 bridgehead atoms. The Morgan fingerprint density at radius 3 is 2.36 bits per heavy atom. The number of unbranched alkanes of at least 4 members (excludes halogenated alkanes) is 5. The van der Waals surface area contributed by atoms with Gasteiger partial charge in [-0.2, -0.15) is 4.39 Å². The second-order valence-corrected chi connectivity index (χ2v) is 8.91. The Morgan fingerprint density at radius 1 is 0.879 bits per heavy atom. The lowest BCUT2D eigenvalue weighted by Crippen LogP contribution is -2.26. The molecule has 1 heterocycles. The summed E-state index contributed by atoms with van der Waals surface area (Å²) < 4.78 is 60.0. The summed E-state index contributed by atoms with van der Waals surface area (Å²) in [5.41, 5.74) is 1.04. The summed E-state index contributed by atoms with van der Waals surface area (Å²) >= 11 is 0. The second-order valence-electron chi connectivity index (χ2n) is 8.91. The van der Waals surface area contributed by atoms with E-state index in [2.05, 4.69) is 6.92 Å². The molecule has 3 rings (SSSR count). The van der Waals surface area contributed by atoms with Gasteiger partial charge >= 0.3 is 0 Å². The average Bonchev–Trinajstić information content (AvgIpc) is 2.81. The Balaban J connectivity index is 1.45. The van der Waals surface area contributed by atoms with E-state index in [1.807, 2.05) is 6.92 Å². The maximum atomic E-state index is 14.7. The van der Waals surface area contributed by atoms with Gasteiger partial charge in [0, 0.05) is 11.5 Å². The fourth-order valence-corrected chi connectivity index (χ4v) is 4.08. The van der Waals surface area contributed by atoms with E-state index in [1.54, 1.807) is 18.2 Å². The van der Waals surface area contributed by atoms with Crippen molar-refractivity contribution in [3.05, 3.63) is 58.9 Å². The quantitative estimate of drug-likeness (QED) is 0.301. The molecule has 2 unspecified atom stereocenters. The average molecular weight is 465 g/mol.